The summed E-state index contributed by atoms with van der Waals surface area (Å²) in [5.74, 6) is -0.400. The van der Waals surface area contributed by atoms with Gasteiger partial charge < -0.3 is 14.9 Å². The van der Waals surface area contributed by atoms with Gasteiger partial charge in [-0.3, -0.25) is 0 Å². The number of anilines is 1. The number of halogens is 1. The maximum atomic E-state index is 11.0. The molecule has 0 saturated heterocycles. The number of nitrogens with one attached hydrogen (secondary N) is 1. The number of benzene rings is 1. The fourth-order valence-electron chi connectivity index (χ4n) is 1.36. The SMILES string of the molecule is O=C(O)c1ccc(Cl)cc1NCc1ccno1. The van der Waals surface area contributed by atoms with E-state index in [0.717, 1.165) is 0 Å². The van der Waals surface area contributed by atoms with Crippen LogP contribution in [0.4, 0.5) is 5.69 Å². The molecule has 0 aliphatic heterocycles. The molecule has 17 heavy (non-hydrogen) atoms. The summed E-state index contributed by atoms with van der Waals surface area (Å²) in [4.78, 5) is 11.0. The van der Waals surface area contributed by atoms with Crippen LogP contribution in [-0.4, -0.2) is 16.2 Å². The van der Waals surface area contributed by atoms with Crippen molar-refractivity contribution >= 4 is 23.3 Å². The monoisotopic (exact) mass is 252 g/mol. The number of nitrogens with zero attached hydrogens (tertiary/aromatic N) is 1. The molecule has 1 heterocycles. The number of aromatic carboxylic acids is 1. The molecular weight excluding hydrogens is 244 g/mol. The van der Waals surface area contributed by atoms with Gasteiger partial charge in [-0.15, -0.1) is 0 Å². The summed E-state index contributed by atoms with van der Waals surface area (Å²) in [5, 5.41) is 16.0. The van der Waals surface area contributed by atoms with Crippen LogP contribution in [0.1, 0.15) is 16.1 Å². The Morgan fingerprint density at radius 1 is 1.47 bits per heavy atom. The molecule has 0 aliphatic carbocycles. The van der Waals surface area contributed by atoms with Crippen molar-refractivity contribution in [1.29, 1.82) is 0 Å². The van der Waals surface area contributed by atoms with Gasteiger partial charge in [0.05, 0.1) is 24.0 Å². The maximum Gasteiger partial charge on any atom is 0.337 e. The van der Waals surface area contributed by atoms with E-state index in [2.05, 4.69) is 10.5 Å². The molecule has 88 valence electrons. The van der Waals surface area contributed by atoms with Crippen molar-refractivity contribution in [3.05, 3.63) is 46.8 Å². The van der Waals surface area contributed by atoms with E-state index in [-0.39, 0.29) is 5.56 Å². The van der Waals surface area contributed by atoms with E-state index >= 15 is 0 Å². The number of rotatable bonds is 4. The van der Waals surface area contributed by atoms with E-state index < -0.39 is 5.97 Å². The van der Waals surface area contributed by atoms with Gasteiger partial charge in [0.15, 0.2) is 5.76 Å². The summed E-state index contributed by atoms with van der Waals surface area (Å²) < 4.78 is 4.89. The Kier molecular flexibility index (Phi) is 3.30. The fourth-order valence-corrected chi connectivity index (χ4v) is 1.54. The molecule has 2 rings (SSSR count). The van der Waals surface area contributed by atoms with Crippen LogP contribution < -0.4 is 5.32 Å². The van der Waals surface area contributed by atoms with Gasteiger partial charge in [-0.05, 0) is 18.2 Å². The normalized spacial score (nSPS) is 10.2. The molecular formula is C11H9ClN2O3. The van der Waals surface area contributed by atoms with Gasteiger partial charge in [0.1, 0.15) is 0 Å². The summed E-state index contributed by atoms with van der Waals surface area (Å²) in [6.45, 7) is 0.348. The van der Waals surface area contributed by atoms with Gasteiger partial charge in [0.25, 0.3) is 0 Å². The fraction of sp³-hybridized carbons (Fsp3) is 0.0909. The molecule has 1 aromatic heterocycles. The van der Waals surface area contributed by atoms with Gasteiger partial charge in [0.2, 0.25) is 0 Å². The van der Waals surface area contributed by atoms with Crippen molar-refractivity contribution in [1.82, 2.24) is 5.16 Å². The van der Waals surface area contributed by atoms with Gasteiger partial charge in [-0.25, -0.2) is 4.79 Å². The lowest BCUT2D eigenvalue weighted by Crippen LogP contribution is -2.05. The van der Waals surface area contributed by atoms with Gasteiger partial charge in [-0.1, -0.05) is 16.8 Å². The minimum absolute atomic E-state index is 0.161. The molecule has 1 aromatic carbocycles. The molecule has 0 aliphatic rings. The third-order valence-electron chi connectivity index (χ3n) is 2.16. The van der Waals surface area contributed by atoms with E-state index in [9.17, 15) is 4.79 Å². The average molecular weight is 253 g/mol. The molecule has 6 heteroatoms. The van der Waals surface area contributed by atoms with E-state index in [1.165, 1.54) is 18.3 Å². The van der Waals surface area contributed by atoms with Crippen LogP contribution in [0.2, 0.25) is 5.02 Å². The Labute approximate surface area is 102 Å². The van der Waals surface area contributed by atoms with E-state index in [4.69, 9.17) is 21.2 Å². The Bertz CT molecular complexity index is 526. The molecule has 0 unspecified atom stereocenters. The molecule has 0 fully saturated rings. The summed E-state index contributed by atoms with van der Waals surface area (Å²) in [6.07, 6.45) is 1.52. The summed E-state index contributed by atoms with van der Waals surface area (Å²) in [5.41, 5.74) is 0.607. The predicted molar refractivity (Wildman–Crippen MR) is 62.2 cm³/mol. The molecule has 0 radical (unpaired) electrons. The quantitative estimate of drug-likeness (QED) is 0.875. The first-order chi connectivity index (χ1) is 8.16. The van der Waals surface area contributed by atoms with Crippen molar-refractivity contribution in [2.75, 3.05) is 5.32 Å². The van der Waals surface area contributed by atoms with Crippen LogP contribution in [-0.2, 0) is 6.54 Å². The highest BCUT2D eigenvalue weighted by Crippen LogP contribution is 2.21. The molecule has 5 nitrogen and oxygen atoms in total. The smallest absolute Gasteiger partial charge is 0.337 e. The predicted octanol–water partition coefficient (Wildman–Crippen LogP) is 2.64. The van der Waals surface area contributed by atoms with Crippen LogP contribution in [0.25, 0.3) is 0 Å². The highest BCUT2D eigenvalue weighted by Gasteiger charge is 2.10. The highest BCUT2D eigenvalue weighted by atomic mass is 35.5. The Morgan fingerprint density at radius 3 is 2.94 bits per heavy atom. The van der Waals surface area contributed by atoms with Crippen molar-refractivity contribution in [2.24, 2.45) is 0 Å². The first kappa shape index (κ1) is 11.5. The molecule has 2 N–H and O–H groups in total. The molecule has 0 amide bonds. The lowest BCUT2D eigenvalue weighted by molar-refractivity contribution is 0.0698. The summed E-state index contributed by atoms with van der Waals surface area (Å²) in [7, 11) is 0. The minimum Gasteiger partial charge on any atom is -0.478 e. The largest absolute Gasteiger partial charge is 0.478 e. The lowest BCUT2D eigenvalue weighted by Gasteiger charge is -2.08. The Morgan fingerprint density at radius 2 is 2.29 bits per heavy atom. The zero-order chi connectivity index (χ0) is 12.3. The minimum atomic E-state index is -1.01. The molecule has 0 bridgehead atoms. The zero-order valence-electron chi connectivity index (χ0n) is 8.68. The summed E-state index contributed by atoms with van der Waals surface area (Å²) >= 11 is 5.81. The Hall–Kier alpha value is -2.01. The first-order valence-electron chi connectivity index (χ1n) is 4.83. The molecule has 0 saturated carbocycles. The third kappa shape index (κ3) is 2.76. The first-order valence-corrected chi connectivity index (χ1v) is 5.21. The number of carbonyl (C=O) groups is 1. The standard InChI is InChI=1S/C11H9ClN2O3/c12-7-1-2-9(11(15)16)10(5-7)13-6-8-3-4-14-17-8/h1-5,13H,6H2,(H,15,16). The van der Waals surface area contributed by atoms with Crippen molar-refractivity contribution in [3.8, 4) is 0 Å². The lowest BCUT2D eigenvalue weighted by atomic mass is 10.2. The number of hydrogen-bond donors (Lipinski definition) is 2. The van der Waals surface area contributed by atoms with Crippen LogP contribution >= 0.6 is 11.6 Å². The second kappa shape index (κ2) is 4.88. The van der Waals surface area contributed by atoms with Crippen molar-refractivity contribution < 1.29 is 14.4 Å². The van der Waals surface area contributed by atoms with Crippen LogP contribution in [0.5, 0.6) is 0 Å². The van der Waals surface area contributed by atoms with E-state index in [1.54, 1.807) is 12.1 Å². The molecule has 0 atom stereocenters. The number of carboxylic acid groups (broad SMARTS) is 1. The highest BCUT2D eigenvalue weighted by molar-refractivity contribution is 6.31. The Balaban J connectivity index is 2.19. The molecule has 0 spiro atoms. The second-order valence-corrected chi connectivity index (χ2v) is 3.76. The maximum absolute atomic E-state index is 11.0. The van der Waals surface area contributed by atoms with Crippen LogP contribution in [0.3, 0.4) is 0 Å². The number of carboxylic acids is 1. The van der Waals surface area contributed by atoms with Gasteiger partial charge >= 0.3 is 5.97 Å². The molecule has 2 aromatic rings. The number of hydrogen-bond acceptors (Lipinski definition) is 4. The third-order valence-corrected chi connectivity index (χ3v) is 2.39. The summed E-state index contributed by atoms with van der Waals surface area (Å²) in [6, 6.07) is 6.23. The number of aromatic nitrogens is 1. The van der Waals surface area contributed by atoms with Crippen LogP contribution in [0, 0.1) is 0 Å². The van der Waals surface area contributed by atoms with E-state index in [0.29, 0.717) is 23.0 Å². The van der Waals surface area contributed by atoms with Crippen molar-refractivity contribution in [3.63, 3.8) is 0 Å². The van der Waals surface area contributed by atoms with Gasteiger partial charge in [0, 0.05) is 11.1 Å². The van der Waals surface area contributed by atoms with Crippen molar-refractivity contribution in [2.45, 2.75) is 6.54 Å². The average Bonchev–Trinajstić information content (AvgIpc) is 2.78. The topological polar surface area (TPSA) is 75.4 Å². The van der Waals surface area contributed by atoms with Gasteiger partial charge in [-0.2, -0.15) is 0 Å². The van der Waals surface area contributed by atoms with E-state index in [1.807, 2.05) is 0 Å². The second-order valence-electron chi connectivity index (χ2n) is 3.33. The van der Waals surface area contributed by atoms with Crippen LogP contribution in [0.15, 0.2) is 35.0 Å². The zero-order valence-corrected chi connectivity index (χ0v) is 9.44.